The molecule has 4 atom stereocenters. The highest BCUT2D eigenvalue weighted by Gasteiger charge is 2.32. The van der Waals surface area contributed by atoms with Gasteiger partial charge in [-0.05, 0) is 26.2 Å². The molecule has 2 nitrogen and oxygen atoms in total. The standard InChI is InChI=1S/C10H19NOS/c1-8-6-7-13(12)10-5-3-2-4-9(10)11-8/h8-11H,2-7H2,1H3. The van der Waals surface area contributed by atoms with Gasteiger partial charge in [0.15, 0.2) is 0 Å². The summed E-state index contributed by atoms with van der Waals surface area (Å²) in [5.41, 5.74) is 0. The Morgan fingerprint density at radius 3 is 2.85 bits per heavy atom. The number of nitrogens with one attached hydrogen (secondary N) is 1. The summed E-state index contributed by atoms with van der Waals surface area (Å²) in [4.78, 5) is 0. The lowest BCUT2D eigenvalue weighted by atomic mass is 9.94. The van der Waals surface area contributed by atoms with E-state index in [1.165, 1.54) is 25.7 Å². The van der Waals surface area contributed by atoms with E-state index >= 15 is 0 Å². The van der Waals surface area contributed by atoms with Gasteiger partial charge < -0.3 is 5.32 Å². The fourth-order valence-corrected chi connectivity index (χ4v) is 4.39. The maximum atomic E-state index is 11.9. The average Bonchev–Trinajstić information content (AvgIpc) is 2.27. The van der Waals surface area contributed by atoms with Gasteiger partial charge in [0.05, 0.1) is 5.25 Å². The Bertz CT molecular complexity index is 207. The van der Waals surface area contributed by atoms with Gasteiger partial charge >= 0.3 is 0 Å². The van der Waals surface area contributed by atoms with Gasteiger partial charge in [-0.1, -0.05) is 12.8 Å². The molecule has 0 bridgehead atoms. The van der Waals surface area contributed by atoms with Gasteiger partial charge in [-0.15, -0.1) is 0 Å². The first-order valence-corrected chi connectivity index (χ1v) is 6.79. The maximum Gasteiger partial charge on any atom is 0.0501 e. The molecule has 4 unspecified atom stereocenters. The zero-order chi connectivity index (χ0) is 9.26. The van der Waals surface area contributed by atoms with E-state index in [4.69, 9.17) is 0 Å². The molecule has 2 aliphatic rings. The van der Waals surface area contributed by atoms with Crippen molar-refractivity contribution >= 4 is 10.8 Å². The van der Waals surface area contributed by atoms with Crippen LogP contribution in [0.4, 0.5) is 0 Å². The molecule has 0 aromatic carbocycles. The molecule has 1 aliphatic heterocycles. The minimum absolute atomic E-state index is 0.457. The van der Waals surface area contributed by atoms with Crippen LogP contribution in [0.5, 0.6) is 0 Å². The zero-order valence-corrected chi connectivity index (χ0v) is 9.11. The molecule has 76 valence electrons. The summed E-state index contributed by atoms with van der Waals surface area (Å²) in [7, 11) is -0.557. The summed E-state index contributed by atoms with van der Waals surface area (Å²) in [6.07, 6.45) is 6.10. The second kappa shape index (κ2) is 4.09. The van der Waals surface area contributed by atoms with Gasteiger partial charge in [-0.2, -0.15) is 0 Å². The topological polar surface area (TPSA) is 29.1 Å². The summed E-state index contributed by atoms with van der Waals surface area (Å²) in [6.45, 7) is 2.22. The van der Waals surface area contributed by atoms with Crippen molar-refractivity contribution in [2.24, 2.45) is 0 Å². The van der Waals surface area contributed by atoms with Crippen molar-refractivity contribution in [3.05, 3.63) is 0 Å². The van der Waals surface area contributed by atoms with Gasteiger partial charge in [0.25, 0.3) is 0 Å². The van der Waals surface area contributed by atoms with Crippen molar-refractivity contribution in [2.45, 2.75) is 56.4 Å². The Morgan fingerprint density at radius 2 is 2.00 bits per heavy atom. The van der Waals surface area contributed by atoms with Gasteiger partial charge in [0.1, 0.15) is 0 Å². The molecule has 0 aromatic rings. The smallest absolute Gasteiger partial charge is 0.0501 e. The maximum absolute atomic E-state index is 11.9. The summed E-state index contributed by atoms with van der Waals surface area (Å²) < 4.78 is 11.9. The van der Waals surface area contributed by atoms with Crippen molar-refractivity contribution in [3.63, 3.8) is 0 Å². The van der Waals surface area contributed by atoms with Crippen LogP contribution in [0.15, 0.2) is 0 Å². The van der Waals surface area contributed by atoms with Crippen molar-refractivity contribution in [1.82, 2.24) is 5.32 Å². The Morgan fingerprint density at radius 1 is 1.23 bits per heavy atom. The van der Waals surface area contributed by atoms with E-state index in [9.17, 15) is 4.21 Å². The molecular formula is C10H19NOS. The third kappa shape index (κ3) is 2.13. The molecule has 1 saturated carbocycles. The van der Waals surface area contributed by atoms with Gasteiger partial charge in [-0.25, -0.2) is 0 Å². The summed E-state index contributed by atoms with van der Waals surface area (Å²) in [6, 6.07) is 1.11. The zero-order valence-electron chi connectivity index (χ0n) is 8.29. The molecule has 0 spiro atoms. The molecule has 1 saturated heterocycles. The van der Waals surface area contributed by atoms with Crippen LogP contribution in [0.25, 0.3) is 0 Å². The summed E-state index contributed by atoms with van der Waals surface area (Å²) in [5.74, 6) is 0.912. The minimum Gasteiger partial charge on any atom is -0.310 e. The molecule has 0 radical (unpaired) electrons. The quantitative estimate of drug-likeness (QED) is 0.642. The van der Waals surface area contributed by atoms with E-state index in [0.29, 0.717) is 17.3 Å². The highest BCUT2D eigenvalue weighted by atomic mass is 32.2. The molecule has 13 heavy (non-hydrogen) atoms. The molecule has 3 heteroatoms. The molecule has 1 heterocycles. The summed E-state index contributed by atoms with van der Waals surface area (Å²) in [5, 5.41) is 4.08. The fourth-order valence-electron chi connectivity index (χ4n) is 2.50. The minimum atomic E-state index is -0.557. The number of rotatable bonds is 0. The van der Waals surface area contributed by atoms with Crippen LogP contribution >= 0.6 is 0 Å². The fraction of sp³-hybridized carbons (Fsp3) is 1.00. The van der Waals surface area contributed by atoms with Crippen LogP contribution in [0.2, 0.25) is 0 Å². The molecule has 2 fully saturated rings. The molecule has 0 amide bonds. The first kappa shape index (κ1) is 9.66. The van der Waals surface area contributed by atoms with E-state index in [1.807, 2.05) is 0 Å². The van der Waals surface area contributed by atoms with Gasteiger partial charge in [-0.3, -0.25) is 4.21 Å². The van der Waals surface area contributed by atoms with E-state index in [-0.39, 0.29) is 0 Å². The third-order valence-corrected chi connectivity index (χ3v) is 5.17. The normalized spacial score (nSPS) is 46.5. The second-order valence-electron chi connectivity index (χ2n) is 4.37. The lowest BCUT2D eigenvalue weighted by Gasteiger charge is -2.30. The average molecular weight is 201 g/mol. The van der Waals surface area contributed by atoms with Crippen LogP contribution in [0.1, 0.15) is 39.0 Å². The van der Waals surface area contributed by atoms with Crippen molar-refractivity contribution in [1.29, 1.82) is 0 Å². The molecular weight excluding hydrogens is 182 g/mol. The van der Waals surface area contributed by atoms with Crippen LogP contribution in [-0.4, -0.2) is 27.3 Å². The lowest BCUT2D eigenvalue weighted by Crippen LogP contribution is -2.45. The lowest BCUT2D eigenvalue weighted by molar-refractivity contribution is 0.355. The van der Waals surface area contributed by atoms with Gasteiger partial charge in [0, 0.05) is 28.6 Å². The highest BCUT2D eigenvalue weighted by molar-refractivity contribution is 7.85. The van der Waals surface area contributed by atoms with E-state index in [1.54, 1.807) is 0 Å². The first-order valence-electron chi connectivity index (χ1n) is 5.40. The first-order chi connectivity index (χ1) is 6.27. The van der Waals surface area contributed by atoms with E-state index < -0.39 is 10.8 Å². The summed E-state index contributed by atoms with van der Waals surface area (Å²) >= 11 is 0. The van der Waals surface area contributed by atoms with E-state index in [2.05, 4.69) is 12.2 Å². The molecule has 1 aliphatic carbocycles. The van der Waals surface area contributed by atoms with Crippen LogP contribution < -0.4 is 5.32 Å². The number of hydrogen-bond donors (Lipinski definition) is 1. The van der Waals surface area contributed by atoms with Crippen LogP contribution in [0, 0.1) is 0 Å². The van der Waals surface area contributed by atoms with Gasteiger partial charge in [0.2, 0.25) is 0 Å². The Kier molecular flexibility index (Phi) is 3.04. The van der Waals surface area contributed by atoms with Crippen LogP contribution in [0.3, 0.4) is 0 Å². The second-order valence-corrected chi connectivity index (χ2v) is 6.15. The SMILES string of the molecule is CC1CCS(=O)C2CCCCC2N1. The predicted molar refractivity (Wildman–Crippen MR) is 56.3 cm³/mol. The Balaban J connectivity index is 2.09. The Hall–Kier alpha value is 0.110. The Labute approximate surface area is 82.9 Å². The van der Waals surface area contributed by atoms with Crippen molar-refractivity contribution in [2.75, 3.05) is 5.75 Å². The molecule has 1 N–H and O–H groups in total. The van der Waals surface area contributed by atoms with E-state index in [0.717, 1.165) is 12.2 Å². The molecule has 2 rings (SSSR count). The third-order valence-electron chi connectivity index (χ3n) is 3.29. The highest BCUT2D eigenvalue weighted by Crippen LogP contribution is 2.26. The van der Waals surface area contributed by atoms with Crippen molar-refractivity contribution in [3.8, 4) is 0 Å². The largest absolute Gasteiger partial charge is 0.310 e. The molecule has 0 aromatic heterocycles. The van der Waals surface area contributed by atoms with Crippen molar-refractivity contribution < 1.29 is 4.21 Å². The number of hydrogen-bond acceptors (Lipinski definition) is 2. The van der Waals surface area contributed by atoms with Crippen LogP contribution in [-0.2, 0) is 10.8 Å². The monoisotopic (exact) mass is 201 g/mol. The number of fused-ring (bicyclic) bond motifs is 1. The predicted octanol–water partition coefficient (Wildman–Crippen LogP) is 1.43.